The van der Waals surface area contributed by atoms with Crippen LogP contribution in [0.25, 0.3) is 11.1 Å². The smallest absolute Gasteiger partial charge is 0.274 e. The molecule has 2 aliphatic rings. The Morgan fingerprint density at radius 1 is 1.00 bits per heavy atom. The lowest BCUT2D eigenvalue weighted by atomic mass is 9.99. The standard InChI is InChI=1S/C28H31F2N7O/c29-28(30)7-11-36(12-8-28)18-19-13-21(16-33-15-19)20-3-5-24(31)23(14-20)26(32)27(38)35-22-4-6-25(34-17-22)37-9-1-2-10-37/h3-6,13-17,32H,1-2,7-12,18,31H2,(H,35,38). The number of amides is 1. The highest BCUT2D eigenvalue weighted by Gasteiger charge is 2.33. The summed E-state index contributed by atoms with van der Waals surface area (Å²) in [5, 5.41) is 11.2. The lowest BCUT2D eigenvalue weighted by Crippen LogP contribution is -2.38. The molecule has 8 nitrogen and oxygen atoms in total. The van der Waals surface area contributed by atoms with Crippen molar-refractivity contribution in [1.29, 1.82) is 5.41 Å². The highest BCUT2D eigenvalue weighted by Crippen LogP contribution is 2.29. The number of halogens is 2. The minimum Gasteiger partial charge on any atom is -0.398 e. The fourth-order valence-electron chi connectivity index (χ4n) is 4.89. The monoisotopic (exact) mass is 519 g/mol. The number of carbonyl (C=O) groups is 1. The third-order valence-electron chi connectivity index (χ3n) is 7.11. The van der Waals surface area contributed by atoms with Gasteiger partial charge in [0.2, 0.25) is 0 Å². The Morgan fingerprint density at radius 3 is 2.47 bits per heavy atom. The van der Waals surface area contributed by atoms with Gasteiger partial charge < -0.3 is 16.0 Å². The van der Waals surface area contributed by atoms with E-state index in [1.807, 2.05) is 23.1 Å². The Balaban J connectivity index is 1.27. The molecule has 2 aliphatic heterocycles. The van der Waals surface area contributed by atoms with Crippen LogP contribution in [0, 0.1) is 5.41 Å². The molecule has 1 aromatic carbocycles. The molecule has 4 heterocycles. The van der Waals surface area contributed by atoms with Crippen molar-refractivity contribution in [3.05, 3.63) is 66.1 Å². The summed E-state index contributed by atoms with van der Waals surface area (Å²) >= 11 is 0. The average Bonchev–Trinajstić information content (AvgIpc) is 3.46. The number of likely N-dealkylation sites (tertiary alicyclic amines) is 1. The number of piperidine rings is 1. The summed E-state index contributed by atoms with van der Waals surface area (Å²) in [6.45, 7) is 3.17. The number of benzene rings is 1. The van der Waals surface area contributed by atoms with E-state index in [-0.39, 0.29) is 18.6 Å². The molecule has 38 heavy (non-hydrogen) atoms. The number of hydrogen-bond acceptors (Lipinski definition) is 7. The molecule has 2 saturated heterocycles. The van der Waals surface area contributed by atoms with Gasteiger partial charge in [-0.15, -0.1) is 0 Å². The topological polar surface area (TPSA) is 111 Å². The normalized spacial score (nSPS) is 17.4. The van der Waals surface area contributed by atoms with Gasteiger partial charge in [0.1, 0.15) is 11.5 Å². The van der Waals surface area contributed by atoms with Gasteiger partial charge in [0.25, 0.3) is 11.8 Å². The van der Waals surface area contributed by atoms with Gasteiger partial charge in [-0.1, -0.05) is 6.07 Å². The Bertz CT molecular complexity index is 1310. The second-order valence-electron chi connectivity index (χ2n) is 9.94. The second-order valence-corrected chi connectivity index (χ2v) is 9.94. The summed E-state index contributed by atoms with van der Waals surface area (Å²) in [6.07, 6.45) is 7.05. The van der Waals surface area contributed by atoms with E-state index in [1.54, 1.807) is 36.8 Å². The van der Waals surface area contributed by atoms with Crippen molar-refractivity contribution in [3.8, 4) is 11.1 Å². The van der Waals surface area contributed by atoms with Crippen LogP contribution in [0.1, 0.15) is 36.8 Å². The van der Waals surface area contributed by atoms with Crippen LogP contribution in [0.4, 0.5) is 26.0 Å². The fourth-order valence-corrected chi connectivity index (χ4v) is 4.89. The molecule has 0 bridgehead atoms. The molecule has 2 aromatic heterocycles. The maximum Gasteiger partial charge on any atom is 0.274 e. The van der Waals surface area contributed by atoms with E-state index in [0.29, 0.717) is 36.6 Å². The maximum absolute atomic E-state index is 13.5. The van der Waals surface area contributed by atoms with Crippen LogP contribution < -0.4 is 16.0 Å². The van der Waals surface area contributed by atoms with Crippen LogP contribution in [-0.4, -0.2) is 58.6 Å². The van der Waals surface area contributed by atoms with Crippen LogP contribution in [0.2, 0.25) is 0 Å². The molecule has 0 radical (unpaired) electrons. The number of nitrogens with one attached hydrogen (secondary N) is 2. The third kappa shape index (κ3) is 5.96. The first-order valence-corrected chi connectivity index (χ1v) is 12.8. The van der Waals surface area contributed by atoms with E-state index in [9.17, 15) is 13.6 Å². The first-order chi connectivity index (χ1) is 18.3. The summed E-state index contributed by atoms with van der Waals surface area (Å²) < 4.78 is 27.0. The zero-order valence-corrected chi connectivity index (χ0v) is 21.1. The number of alkyl halides is 2. The van der Waals surface area contributed by atoms with Crippen LogP contribution in [0.3, 0.4) is 0 Å². The molecule has 5 rings (SSSR count). The zero-order chi connectivity index (χ0) is 26.7. The molecule has 1 amide bonds. The second kappa shape index (κ2) is 10.8. The number of aromatic nitrogens is 2. The largest absolute Gasteiger partial charge is 0.398 e. The minimum atomic E-state index is -2.58. The minimum absolute atomic E-state index is 0.135. The molecule has 2 fully saturated rings. The molecule has 0 unspecified atom stereocenters. The molecule has 3 aromatic rings. The van der Waals surface area contributed by atoms with E-state index >= 15 is 0 Å². The van der Waals surface area contributed by atoms with Gasteiger partial charge in [0.05, 0.1) is 11.9 Å². The highest BCUT2D eigenvalue weighted by molar-refractivity contribution is 6.48. The van der Waals surface area contributed by atoms with E-state index < -0.39 is 11.8 Å². The number of anilines is 3. The SMILES string of the molecule is N=C(C(=O)Nc1ccc(N2CCCC2)nc1)c1cc(-c2cncc(CN3CCC(F)(F)CC3)c2)ccc1N. The predicted octanol–water partition coefficient (Wildman–Crippen LogP) is 4.56. The number of nitrogens with zero attached hydrogens (tertiary/aromatic N) is 4. The highest BCUT2D eigenvalue weighted by atomic mass is 19.3. The van der Waals surface area contributed by atoms with Crippen molar-refractivity contribution in [2.45, 2.75) is 38.2 Å². The van der Waals surface area contributed by atoms with Gasteiger partial charge in [-0.2, -0.15) is 0 Å². The first-order valence-electron chi connectivity index (χ1n) is 12.8. The van der Waals surface area contributed by atoms with Gasteiger partial charge in [-0.25, -0.2) is 13.8 Å². The van der Waals surface area contributed by atoms with Crippen molar-refractivity contribution >= 4 is 28.8 Å². The molecule has 0 atom stereocenters. The van der Waals surface area contributed by atoms with Crippen LogP contribution in [0.5, 0.6) is 0 Å². The Morgan fingerprint density at radius 2 is 1.76 bits per heavy atom. The predicted molar refractivity (Wildman–Crippen MR) is 145 cm³/mol. The van der Waals surface area contributed by atoms with Gasteiger partial charge in [0.15, 0.2) is 0 Å². The molecular formula is C28H31F2N7O. The molecule has 198 valence electrons. The van der Waals surface area contributed by atoms with E-state index in [0.717, 1.165) is 48.4 Å². The third-order valence-corrected chi connectivity index (χ3v) is 7.11. The zero-order valence-electron chi connectivity index (χ0n) is 21.1. The molecule has 0 aliphatic carbocycles. The number of pyridine rings is 2. The van der Waals surface area contributed by atoms with E-state index in [4.69, 9.17) is 11.1 Å². The molecular weight excluding hydrogens is 488 g/mol. The van der Waals surface area contributed by atoms with Crippen molar-refractivity contribution in [2.75, 3.05) is 42.1 Å². The lowest BCUT2D eigenvalue weighted by molar-refractivity contribution is -0.110. The van der Waals surface area contributed by atoms with Crippen molar-refractivity contribution in [1.82, 2.24) is 14.9 Å². The Kier molecular flexibility index (Phi) is 7.33. The van der Waals surface area contributed by atoms with Gasteiger partial charge in [-0.3, -0.25) is 20.1 Å². The summed E-state index contributed by atoms with van der Waals surface area (Å²) in [5.74, 6) is -2.29. The van der Waals surface area contributed by atoms with Crippen molar-refractivity contribution < 1.29 is 13.6 Å². The Labute approximate surface area is 220 Å². The van der Waals surface area contributed by atoms with Crippen LogP contribution in [0.15, 0.2) is 55.0 Å². The van der Waals surface area contributed by atoms with Crippen molar-refractivity contribution in [3.63, 3.8) is 0 Å². The Hall–Kier alpha value is -3.92. The summed E-state index contributed by atoms with van der Waals surface area (Å²) in [5.41, 5.74) is 9.47. The summed E-state index contributed by atoms with van der Waals surface area (Å²) in [7, 11) is 0. The van der Waals surface area contributed by atoms with Gasteiger partial charge in [0, 0.05) is 74.8 Å². The van der Waals surface area contributed by atoms with E-state index in [1.165, 1.54) is 0 Å². The van der Waals surface area contributed by atoms with E-state index in [2.05, 4.69) is 20.2 Å². The number of carbonyl (C=O) groups excluding carboxylic acids is 1. The van der Waals surface area contributed by atoms with Crippen LogP contribution >= 0.6 is 0 Å². The quantitative estimate of drug-likeness (QED) is 0.312. The fraction of sp³-hybridized carbons (Fsp3) is 0.357. The number of hydrogen-bond donors (Lipinski definition) is 3. The summed E-state index contributed by atoms with van der Waals surface area (Å²) in [6, 6.07) is 10.8. The number of rotatable bonds is 7. The lowest BCUT2D eigenvalue weighted by Gasteiger charge is -2.31. The van der Waals surface area contributed by atoms with Gasteiger partial charge in [-0.05, 0) is 54.3 Å². The van der Waals surface area contributed by atoms with Crippen molar-refractivity contribution in [2.24, 2.45) is 0 Å². The maximum atomic E-state index is 13.5. The molecule has 0 saturated carbocycles. The number of nitrogens with two attached hydrogens (primary N) is 1. The molecule has 10 heteroatoms. The summed E-state index contributed by atoms with van der Waals surface area (Å²) in [4.78, 5) is 25.8. The van der Waals surface area contributed by atoms with Gasteiger partial charge >= 0.3 is 0 Å². The average molecular weight is 520 g/mol. The first kappa shape index (κ1) is 25.7. The number of nitrogen functional groups attached to an aromatic ring is 1. The molecule has 4 N–H and O–H groups in total. The van der Waals surface area contributed by atoms with Crippen LogP contribution in [-0.2, 0) is 11.3 Å². The molecule has 0 spiro atoms.